The van der Waals surface area contributed by atoms with Crippen LogP contribution in [-0.4, -0.2) is 43.3 Å². The number of benzene rings is 2. The van der Waals surface area contributed by atoms with Gasteiger partial charge in [0, 0.05) is 23.9 Å². The molecule has 2 aromatic rings. The fourth-order valence-corrected chi connectivity index (χ4v) is 3.66. The van der Waals surface area contributed by atoms with Gasteiger partial charge in [-0.05, 0) is 24.6 Å². The summed E-state index contributed by atoms with van der Waals surface area (Å²) in [7, 11) is 3.15. The highest BCUT2D eigenvalue weighted by Crippen LogP contribution is 2.26. The molecule has 3 rings (SSSR count). The van der Waals surface area contributed by atoms with Gasteiger partial charge in [-0.25, -0.2) is 0 Å². The highest BCUT2D eigenvalue weighted by Gasteiger charge is 2.26. The van der Waals surface area contributed by atoms with Gasteiger partial charge in [-0.15, -0.1) is 0 Å². The lowest BCUT2D eigenvalue weighted by molar-refractivity contribution is 0.0860. The Morgan fingerprint density at radius 1 is 1.12 bits per heavy atom. The molecule has 0 fully saturated rings. The third-order valence-corrected chi connectivity index (χ3v) is 5.22. The molecule has 0 spiro atoms. The number of amidine groups is 1. The quantitative estimate of drug-likeness (QED) is 0.804. The maximum Gasteiger partial charge on any atom is 0.260 e. The second-order valence-corrected chi connectivity index (χ2v) is 6.94. The van der Waals surface area contributed by atoms with Crippen molar-refractivity contribution >= 4 is 22.8 Å². The van der Waals surface area contributed by atoms with Crippen LogP contribution in [0.5, 0.6) is 11.5 Å². The lowest BCUT2D eigenvalue weighted by Gasteiger charge is -2.18. The lowest BCUT2D eigenvalue weighted by Crippen LogP contribution is -2.32. The maximum absolute atomic E-state index is 13.0. The molecular weight excluding hydrogens is 348 g/mol. The molecule has 1 aliphatic heterocycles. The van der Waals surface area contributed by atoms with Crippen LogP contribution >= 0.6 is 11.8 Å². The molecule has 0 saturated carbocycles. The molecule has 0 N–H and O–H groups in total. The van der Waals surface area contributed by atoms with E-state index in [1.165, 1.54) is 11.1 Å². The first-order valence-electron chi connectivity index (χ1n) is 8.38. The molecule has 26 heavy (non-hydrogen) atoms. The summed E-state index contributed by atoms with van der Waals surface area (Å²) in [6, 6.07) is 13.6. The first-order chi connectivity index (χ1) is 12.6. The average Bonchev–Trinajstić information content (AvgIpc) is 3.15. The Bertz CT molecular complexity index is 796. The van der Waals surface area contributed by atoms with Gasteiger partial charge in [-0.3, -0.25) is 14.7 Å². The molecule has 0 aliphatic carbocycles. The summed E-state index contributed by atoms with van der Waals surface area (Å²) in [6.07, 6.45) is 0. The SMILES string of the molecule is COc1cc(OC)cc(C(=O)N2CCN=C2SCc2ccc(C)cc2)c1. The number of aryl methyl sites for hydroxylation is 1. The fourth-order valence-electron chi connectivity index (χ4n) is 2.66. The number of methoxy groups -OCH3 is 2. The number of hydrogen-bond donors (Lipinski definition) is 0. The Hall–Kier alpha value is -2.47. The minimum Gasteiger partial charge on any atom is -0.497 e. The van der Waals surface area contributed by atoms with Crippen LogP contribution in [0, 0.1) is 6.92 Å². The van der Waals surface area contributed by atoms with Gasteiger partial charge in [0.1, 0.15) is 11.5 Å². The zero-order valence-corrected chi connectivity index (χ0v) is 16.0. The molecule has 0 aromatic heterocycles. The van der Waals surface area contributed by atoms with Crippen LogP contribution in [-0.2, 0) is 5.75 Å². The first kappa shape index (κ1) is 18.3. The normalized spacial score (nSPS) is 13.5. The number of nitrogens with zero attached hydrogens (tertiary/aromatic N) is 2. The largest absolute Gasteiger partial charge is 0.497 e. The summed E-state index contributed by atoms with van der Waals surface area (Å²) in [4.78, 5) is 19.2. The van der Waals surface area contributed by atoms with Crippen molar-refractivity contribution in [2.24, 2.45) is 4.99 Å². The van der Waals surface area contributed by atoms with E-state index in [0.717, 1.165) is 10.9 Å². The van der Waals surface area contributed by atoms with Crippen LogP contribution < -0.4 is 9.47 Å². The molecule has 0 atom stereocenters. The molecule has 0 bridgehead atoms. The van der Waals surface area contributed by atoms with Gasteiger partial charge in [-0.2, -0.15) is 0 Å². The first-order valence-corrected chi connectivity index (χ1v) is 9.37. The Balaban J connectivity index is 1.72. The molecule has 0 radical (unpaired) electrons. The van der Waals surface area contributed by atoms with Crippen LogP contribution in [0.4, 0.5) is 0 Å². The second-order valence-electron chi connectivity index (χ2n) is 6.00. The topological polar surface area (TPSA) is 51.1 Å². The summed E-state index contributed by atoms with van der Waals surface area (Å²) in [6.45, 7) is 3.29. The van der Waals surface area contributed by atoms with E-state index in [9.17, 15) is 4.79 Å². The van der Waals surface area contributed by atoms with Crippen LogP contribution in [0.1, 0.15) is 21.5 Å². The molecule has 5 nitrogen and oxygen atoms in total. The summed E-state index contributed by atoms with van der Waals surface area (Å²) >= 11 is 1.59. The van der Waals surface area contributed by atoms with Gasteiger partial charge < -0.3 is 9.47 Å². The van der Waals surface area contributed by atoms with E-state index in [0.29, 0.717) is 30.2 Å². The monoisotopic (exact) mass is 370 g/mol. The minimum absolute atomic E-state index is 0.0881. The van der Waals surface area contributed by atoms with Crippen molar-refractivity contribution in [2.75, 3.05) is 27.3 Å². The summed E-state index contributed by atoms with van der Waals surface area (Å²) in [5.74, 6) is 1.88. The van der Waals surface area contributed by atoms with E-state index >= 15 is 0 Å². The van der Waals surface area contributed by atoms with Crippen molar-refractivity contribution in [3.63, 3.8) is 0 Å². The van der Waals surface area contributed by atoms with Gasteiger partial charge in [0.2, 0.25) is 0 Å². The van der Waals surface area contributed by atoms with Crippen molar-refractivity contribution in [3.8, 4) is 11.5 Å². The van der Waals surface area contributed by atoms with Crippen LogP contribution in [0.25, 0.3) is 0 Å². The number of rotatable bonds is 5. The van der Waals surface area contributed by atoms with Gasteiger partial charge in [0.15, 0.2) is 5.17 Å². The zero-order valence-electron chi connectivity index (χ0n) is 15.2. The predicted octanol–water partition coefficient (Wildman–Crippen LogP) is 3.76. The van der Waals surface area contributed by atoms with Gasteiger partial charge >= 0.3 is 0 Å². The highest BCUT2D eigenvalue weighted by atomic mass is 32.2. The Labute approximate surface area is 158 Å². The molecule has 0 saturated heterocycles. The highest BCUT2D eigenvalue weighted by molar-refractivity contribution is 8.13. The summed E-state index contributed by atoms with van der Waals surface area (Å²) in [5.41, 5.74) is 2.98. The van der Waals surface area contributed by atoms with Gasteiger partial charge in [-0.1, -0.05) is 41.6 Å². The van der Waals surface area contributed by atoms with E-state index in [-0.39, 0.29) is 5.91 Å². The van der Waals surface area contributed by atoms with Gasteiger partial charge in [0.05, 0.1) is 20.8 Å². The van der Waals surface area contributed by atoms with Crippen LogP contribution in [0.3, 0.4) is 0 Å². The molecule has 136 valence electrons. The molecule has 2 aromatic carbocycles. The van der Waals surface area contributed by atoms with Crippen molar-refractivity contribution in [1.29, 1.82) is 0 Å². The average molecular weight is 370 g/mol. The maximum atomic E-state index is 13.0. The molecule has 6 heteroatoms. The van der Waals surface area contributed by atoms with Crippen LogP contribution in [0.15, 0.2) is 47.5 Å². The summed E-state index contributed by atoms with van der Waals surface area (Å²) in [5, 5.41) is 0.761. The molecule has 1 aliphatic rings. The molecule has 0 unspecified atom stereocenters. The number of thioether (sulfide) groups is 1. The Kier molecular flexibility index (Phi) is 5.83. The Morgan fingerprint density at radius 2 is 1.77 bits per heavy atom. The van der Waals surface area contributed by atoms with Gasteiger partial charge in [0.25, 0.3) is 5.91 Å². The van der Waals surface area contributed by atoms with E-state index in [4.69, 9.17) is 9.47 Å². The van der Waals surface area contributed by atoms with E-state index in [1.54, 1.807) is 49.1 Å². The van der Waals surface area contributed by atoms with E-state index in [2.05, 4.69) is 36.2 Å². The van der Waals surface area contributed by atoms with Crippen molar-refractivity contribution in [3.05, 3.63) is 59.2 Å². The predicted molar refractivity (Wildman–Crippen MR) is 105 cm³/mol. The number of carbonyl (C=O) groups excluding carboxylic acids is 1. The lowest BCUT2D eigenvalue weighted by atomic mass is 10.1. The Morgan fingerprint density at radius 3 is 2.38 bits per heavy atom. The molecular formula is C20H22N2O3S. The van der Waals surface area contributed by atoms with Crippen molar-refractivity contribution in [1.82, 2.24) is 4.90 Å². The standard InChI is InChI=1S/C20H22N2O3S/c1-14-4-6-15(7-5-14)13-26-20-21-8-9-22(20)19(23)16-10-17(24-2)12-18(11-16)25-3/h4-7,10-12H,8-9,13H2,1-3H3. The fraction of sp³-hybridized carbons (Fsp3) is 0.300. The second kappa shape index (κ2) is 8.27. The molecule has 1 heterocycles. The number of aliphatic imine (C=N–C) groups is 1. The van der Waals surface area contributed by atoms with Crippen molar-refractivity contribution < 1.29 is 14.3 Å². The number of amides is 1. The number of ether oxygens (including phenoxy) is 2. The number of carbonyl (C=O) groups is 1. The number of hydrogen-bond acceptors (Lipinski definition) is 5. The summed E-state index contributed by atoms with van der Waals surface area (Å²) < 4.78 is 10.5. The minimum atomic E-state index is -0.0881. The van der Waals surface area contributed by atoms with E-state index in [1.807, 2.05) is 0 Å². The zero-order chi connectivity index (χ0) is 18.5. The molecule has 1 amide bonds. The van der Waals surface area contributed by atoms with Crippen LogP contribution in [0.2, 0.25) is 0 Å². The third-order valence-electron chi connectivity index (χ3n) is 4.13. The van der Waals surface area contributed by atoms with E-state index < -0.39 is 0 Å². The third kappa shape index (κ3) is 4.19. The van der Waals surface area contributed by atoms with Crippen molar-refractivity contribution in [2.45, 2.75) is 12.7 Å². The smallest absolute Gasteiger partial charge is 0.260 e.